The minimum absolute atomic E-state index is 0.00221. The van der Waals surface area contributed by atoms with E-state index in [0.29, 0.717) is 12.1 Å². The predicted molar refractivity (Wildman–Crippen MR) is 107 cm³/mol. The second-order valence-electron chi connectivity index (χ2n) is 6.60. The van der Waals surface area contributed by atoms with Gasteiger partial charge in [0.2, 0.25) is 5.91 Å². The molecule has 1 aliphatic heterocycles. The van der Waals surface area contributed by atoms with E-state index in [1.807, 2.05) is 37.8 Å². The first-order valence-electron chi connectivity index (χ1n) is 9.16. The molecule has 5 heteroatoms. The molecule has 2 heterocycles. The summed E-state index contributed by atoms with van der Waals surface area (Å²) in [6, 6.07) is 5.92. The summed E-state index contributed by atoms with van der Waals surface area (Å²) in [6.45, 7) is 9.02. The lowest BCUT2D eigenvalue weighted by molar-refractivity contribution is -0.128. The molecule has 2 aromatic rings. The third-order valence-corrected chi connectivity index (χ3v) is 4.52. The smallest absolute Gasteiger partial charge is 0.253 e. The van der Waals surface area contributed by atoms with Crippen molar-refractivity contribution >= 4 is 28.3 Å². The maximum absolute atomic E-state index is 12.2. The van der Waals surface area contributed by atoms with Gasteiger partial charge in [-0.05, 0) is 42.7 Å². The van der Waals surface area contributed by atoms with Gasteiger partial charge in [-0.15, -0.1) is 0 Å². The van der Waals surface area contributed by atoms with Crippen LogP contribution in [0.1, 0.15) is 48.8 Å². The number of aryl methyl sites for hydroxylation is 1. The number of amides is 2. The van der Waals surface area contributed by atoms with Crippen molar-refractivity contribution in [1.29, 1.82) is 0 Å². The summed E-state index contributed by atoms with van der Waals surface area (Å²) in [7, 11) is 3.52. The number of aromatic nitrogens is 1. The molecule has 0 bridgehead atoms. The molecule has 5 nitrogen and oxygen atoms in total. The Morgan fingerprint density at radius 1 is 1.15 bits per heavy atom. The summed E-state index contributed by atoms with van der Waals surface area (Å²) in [5.74, 6) is 0.106. The molecule has 1 aliphatic rings. The topological polar surface area (TPSA) is 56.4 Å². The fourth-order valence-corrected chi connectivity index (χ4v) is 3.19. The van der Waals surface area contributed by atoms with Crippen molar-refractivity contribution in [3.8, 4) is 0 Å². The van der Waals surface area contributed by atoms with Crippen LogP contribution in [0.25, 0.3) is 16.5 Å². The molecular weight excluding hydrogens is 326 g/mol. The number of carbonyl (C=O) groups excluding carboxylic acids is 2. The van der Waals surface area contributed by atoms with Crippen LogP contribution in [0.3, 0.4) is 0 Å². The lowest BCUT2D eigenvalue weighted by Gasteiger charge is -2.25. The van der Waals surface area contributed by atoms with Crippen LogP contribution < -0.4 is 0 Å². The van der Waals surface area contributed by atoms with Crippen molar-refractivity contribution in [3.63, 3.8) is 0 Å². The predicted octanol–water partition coefficient (Wildman–Crippen LogP) is 3.84. The molecule has 1 aromatic heterocycles. The molecule has 0 aliphatic carbocycles. The number of benzene rings is 1. The first kappa shape index (κ1) is 19.8. The number of nitrogens with one attached hydrogen (secondary N) is 1. The minimum atomic E-state index is 0.00221. The molecule has 1 aromatic carbocycles. The van der Waals surface area contributed by atoms with E-state index in [9.17, 15) is 9.59 Å². The van der Waals surface area contributed by atoms with Crippen molar-refractivity contribution in [2.75, 3.05) is 27.2 Å². The Morgan fingerprint density at radius 2 is 1.85 bits per heavy atom. The average Bonchev–Trinajstić information content (AvgIpc) is 3.07. The van der Waals surface area contributed by atoms with E-state index in [0.717, 1.165) is 40.7 Å². The van der Waals surface area contributed by atoms with Crippen LogP contribution >= 0.6 is 0 Å². The molecule has 0 atom stereocenters. The monoisotopic (exact) mass is 355 g/mol. The number of carbonyl (C=O) groups is 2. The summed E-state index contributed by atoms with van der Waals surface area (Å²) < 4.78 is 0. The van der Waals surface area contributed by atoms with E-state index in [1.165, 1.54) is 0 Å². The van der Waals surface area contributed by atoms with Crippen LogP contribution in [-0.4, -0.2) is 53.8 Å². The number of nitrogens with zero attached hydrogens (tertiary/aromatic N) is 2. The summed E-state index contributed by atoms with van der Waals surface area (Å²) in [4.78, 5) is 30.8. The van der Waals surface area contributed by atoms with Gasteiger partial charge >= 0.3 is 0 Å². The Balaban J connectivity index is 0.00000117. The highest BCUT2D eigenvalue weighted by Crippen LogP contribution is 2.27. The Hall–Kier alpha value is -2.56. The number of fused-ring (bicyclic) bond motifs is 1. The highest BCUT2D eigenvalue weighted by atomic mass is 16.2. The van der Waals surface area contributed by atoms with Crippen LogP contribution in [0.2, 0.25) is 0 Å². The van der Waals surface area contributed by atoms with Gasteiger partial charge in [-0.2, -0.15) is 0 Å². The summed E-state index contributed by atoms with van der Waals surface area (Å²) >= 11 is 0. The summed E-state index contributed by atoms with van der Waals surface area (Å²) in [5, 5.41) is 1.02. The zero-order valence-corrected chi connectivity index (χ0v) is 16.6. The van der Waals surface area contributed by atoms with Crippen LogP contribution in [0, 0.1) is 6.92 Å². The molecular formula is C21H29N3O2. The molecule has 0 saturated heterocycles. The fourth-order valence-electron chi connectivity index (χ4n) is 3.19. The molecule has 140 valence electrons. The number of aromatic amines is 1. The van der Waals surface area contributed by atoms with Crippen molar-refractivity contribution in [2.45, 2.75) is 34.1 Å². The summed E-state index contributed by atoms with van der Waals surface area (Å²) in [6.07, 6.45) is 3.05. The van der Waals surface area contributed by atoms with Gasteiger partial charge in [0, 0.05) is 56.3 Å². The zero-order valence-electron chi connectivity index (χ0n) is 16.6. The van der Waals surface area contributed by atoms with Crippen molar-refractivity contribution in [2.24, 2.45) is 0 Å². The third-order valence-electron chi connectivity index (χ3n) is 4.52. The Morgan fingerprint density at radius 3 is 2.46 bits per heavy atom. The van der Waals surface area contributed by atoms with Gasteiger partial charge in [-0.1, -0.05) is 19.9 Å². The number of hydrogen-bond acceptors (Lipinski definition) is 2. The van der Waals surface area contributed by atoms with Crippen molar-refractivity contribution < 1.29 is 9.59 Å². The van der Waals surface area contributed by atoms with Crippen LogP contribution in [0.4, 0.5) is 0 Å². The molecule has 26 heavy (non-hydrogen) atoms. The van der Waals surface area contributed by atoms with E-state index < -0.39 is 0 Å². The van der Waals surface area contributed by atoms with E-state index in [1.54, 1.807) is 25.9 Å². The first-order valence-corrected chi connectivity index (χ1v) is 9.16. The minimum Gasteiger partial charge on any atom is -0.355 e. The molecule has 3 rings (SSSR count). The Bertz CT molecular complexity index is 846. The highest BCUT2D eigenvalue weighted by Gasteiger charge is 2.18. The van der Waals surface area contributed by atoms with Gasteiger partial charge in [0.05, 0.1) is 0 Å². The quantitative estimate of drug-likeness (QED) is 0.890. The largest absolute Gasteiger partial charge is 0.355 e. The summed E-state index contributed by atoms with van der Waals surface area (Å²) in [5.41, 5.74) is 4.93. The maximum Gasteiger partial charge on any atom is 0.253 e. The van der Waals surface area contributed by atoms with Crippen LogP contribution in [-0.2, 0) is 4.79 Å². The molecule has 1 N–H and O–H groups in total. The fraction of sp³-hybridized carbons (Fsp3) is 0.429. The van der Waals surface area contributed by atoms with Gasteiger partial charge in [0.1, 0.15) is 0 Å². The lowest BCUT2D eigenvalue weighted by Crippen LogP contribution is -2.33. The number of H-pyrrole nitrogens is 1. The van der Waals surface area contributed by atoms with E-state index in [-0.39, 0.29) is 11.8 Å². The van der Waals surface area contributed by atoms with Crippen molar-refractivity contribution in [1.82, 2.24) is 14.8 Å². The van der Waals surface area contributed by atoms with Gasteiger partial charge in [-0.25, -0.2) is 0 Å². The SMILES string of the molecule is CC.CC(=O)N1CCC=C(c2cc3cc(C(=O)N(C)C)cc(C)c3[nH]2)C1. The standard InChI is InChI=1S/C19H23N3O2.C2H6/c1-12-8-16(19(24)21(3)4)9-15-10-17(20-18(12)15)14-6-5-7-22(11-14)13(2)23;1-2/h6,8-10,20H,5,7,11H2,1-4H3;1-2H3. The van der Waals surface area contributed by atoms with E-state index >= 15 is 0 Å². The highest BCUT2D eigenvalue weighted by molar-refractivity contribution is 5.99. The van der Waals surface area contributed by atoms with E-state index in [4.69, 9.17) is 0 Å². The number of rotatable bonds is 2. The van der Waals surface area contributed by atoms with Gasteiger partial charge < -0.3 is 14.8 Å². The maximum atomic E-state index is 12.2. The normalized spacial score (nSPS) is 13.8. The Kier molecular flexibility index (Phi) is 6.24. The van der Waals surface area contributed by atoms with Crippen molar-refractivity contribution in [3.05, 3.63) is 41.1 Å². The van der Waals surface area contributed by atoms with Crippen LogP contribution in [0.15, 0.2) is 24.3 Å². The molecule has 0 fully saturated rings. The zero-order chi connectivity index (χ0) is 19.4. The molecule has 0 spiro atoms. The van der Waals surface area contributed by atoms with Crippen LogP contribution in [0.5, 0.6) is 0 Å². The van der Waals surface area contributed by atoms with Gasteiger partial charge in [0.15, 0.2) is 0 Å². The molecule has 0 radical (unpaired) electrons. The molecule has 0 unspecified atom stereocenters. The van der Waals surface area contributed by atoms with E-state index in [2.05, 4.69) is 17.1 Å². The molecule has 2 amide bonds. The lowest BCUT2D eigenvalue weighted by atomic mass is 10.0. The third kappa shape index (κ3) is 3.98. The van der Waals surface area contributed by atoms with Gasteiger partial charge in [-0.3, -0.25) is 9.59 Å². The second kappa shape index (κ2) is 8.21. The first-order chi connectivity index (χ1) is 12.4. The number of hydrogen-bond donors (Lipinski definition) is 1. The van der Waals surface area contributed by atoms with Gasteiger partial charge in [0.25, 0.3) is 5.91 Å². The molecule has 0 saturated carbocycles. The average molecular weight is 355 g/mol. The second-order valence-corrected chi connectivity index (χ2v) is 6.60. The Labute approximate surface area is 155 Å².